The zero-order chi connectivity index (χ0) is 11.5. The van der Waals surface area contributed by atoms with Gasteiger partial charge in [0.25, 0.3) is 0 Å². The van der Waals surface area contributed by atoms with Crippen molar-refractivity contribution in [1.29, 1.82) is 0 Å². The second-order valence-corrected chi connectivity index (χ2v) is 4.34. The second kappa shape index (κ2) is 4.64. The molecule has 0 spiro atoms. The summed E-state index contributed by atoms with van der Waals surface area (Å²) in [4.78, 5) is 22.4. The van der Waals surface area contributed by atoms with Crippen molar-refractivity contribution in [3.8, 4) is 0 Å². The van der Waals surface area contributed by atoms with Gasteiger partial charge in [-0.1, -0.05) is 26.7 Å². The van der Waals surface area contributed by atoms with Crippen LogP contribution in [0.3, 0.4) is 0 Å². The van der Waals surface area contributed by atoms with Crippen LogP contribution in [0, 0.1) is 5.41 Å². The zero-order valence-corrected chi connectivity index (χ0v) is 9.38. The van der Waals surface area contributed by atoms with E-state index in [1.54, 1.807) is 0 Å². The van der Waals surface area contributed by atoms with Gasteiger partial charge in [-0.2, -0.15) is 0 Å². The minimum absolute atomic E-state index is 0.125. The molecule has 1 amide bonds. The summed E-state index contributed by atoms with van der Waals surface area (Å²) >= 11 is 0. The average molecular weight is 213 g/mol. The van der Waals surface area contributed by atoms with Gasteiger partial charge in [0, 0.05) is 11.8 Å². The summed E-state index contributed by atoms with van der Waals surface area (Å²) in [7, 11) is 0. The SMILES string of the molecule is CCCCC1(CC)CC(=O)NC1C(=O)O. The van der Waals surface area contributed by atoms with Gasteiger partial charge < -0.3 is 10.4 Å². The van der Waals surface area contributed by atoms with E-state index in [4.69, 9.17) is 5.11 Å². The molecule has 0 saturated carbocycles. The number of carboxylic acids is 1. The van der Waals surface area contributed by atoms with Crippen molar-refractivity contribution in [3.05, 3.63) is 0 Å². The minimum atomic E-state index is -0.904. The number of hydrogen-bond donors (Lipinski definition) is 2. The van der Waals surface area contributed by atoms with Crippen molar-refractivity contribution in [2.24, 2.45) is 5.41 Å². The van der Waals surface area contributed by atoms with Gasteiger partial charge in [-0.3, -0.25) is 4.79 Å². The summed E-state index contributed by atoms with van der Waals surface area (Å²) in [5, 5.41) is 11.6. The maximum absolute atomic E-state index is 11.3. The molecule has 0 aromatic heterocycles. The van der Waals surface area contributed by atoms with Gasteiger partial charge in [0.15, 0.2) is 0 Å². The molecule has 4 heteroatoms. The number of carbonyl (C=O) groups is 2. The van der Waals surface area contributed by atoms with Crippen molar-refractivity contribution in [2.75, 3.05) is 0 Å². The third-order valence-electron chi connectivity index (χ3n) is 3.41. The van der Waals surface area contributed by atoms with E-state index in [1.807, 2.05) is 6.92 Å². The second-order valence-electron chi connectivity index (χ2n) is 4.34. The first-order valence-electron chi connectivity index (χ1n) is 5.58. The molecule has 2 atom stereocenters. The molecule has 4 nitrogen and oxygen atoms in total. The standard InChI is InChI=1S/C11H19NO3/c1-3-5-6-11(4-2)7-8(13)12-9(11)10(14)15/h9H,3-7H2,1-2H3,(H,12,13)(H,14,15). The Morgan fingerprint density at radius 2 is 2.27 bits per heavy atom. The fraction of sp³-hybridized carbons (Fsp3) is 0.818. The molecule has 0 aromatic rings. The molecule has 2 unspecified atom stereocenters. The third kappa shape index (κ3) is 2.30. The Bertz CT molecular complexity index is 265. The summed E-state index contributed by atoms with van der Waals surface area (Å²) in [6.07, 6.45) is 3.92. The molecule has 0 aromatic carbocycles. The van der Waals surface area contributed by atoms with E-state index < -0.39 is 12.0 Å². The third-order valence-corrected chi connectivity index (χ3v) is 3.41. The first kappa shape index (κ1) is 12.0. The van der Waals surface area contributed by atoms with Crippen LogP contribution >= 0.6 is 0 Å². The molecule has 1 heterocycles. The maximum Gasteiger partial charge on any atom is 0.326 e. The number of rotatable bonds is 5. The van der Waals surface area contributed by atoms with Crippen LogP contribution in [0.5, 0.6) is 0 Å². The fourth-order valence-electron chi connectivity index (χ4n) is 2.38. The molecule has 15 heavy (non-hydrogen) atoms. The molecule has 1 aliphatic rings. The topological polar surface area (TPSA) is 66.4 Å². The van der Waals surface area contributed by atoms with Crippen molar-refractivity contribution < 1.29 is 14.7 Å². The highest BCUT2D eigenvalue weighted by atomic mass is 16.4. The van der Waals surface area contributed by atoms with Crippen LogP contribution in [0.2, 0.25) is 0 Å². The van der Waals surface area contributed by atoms with Crippen LogP contribution in [0.1, 0.15) is 46.0 Å². The molecule has 2 N–H and O–H groups in total. The predicted octanol–water partition coefficient (Wildman–Crippen LogP) is 1.55. The summed E-state index contributed by atoms with van der Waals surface area (Å²) in [5.41, 5.74) is -0.362. The van der Waals surface area contributed by atoms with Crippen LogP contribution < -0.4 is 5.32 Å². The number of hydrogen-bond acceptors (Lipinski definition) is 2. The Morgan fingerprint density at radius 3 is 2.73 bits per heavy atom. The van der Waals surface area contributed by atoms with Crippen molar-refractivity contribution >= 4 is 11.9 Å². The van der Waals surface area contributed by atoms with Gasteiger partial charge in [0.1, 0.15) is 6.04 Å². The van der Waals surface area contributed by atoms with Crippen molar-refractivity contribution in [1.82, 2.24) is 5.32 Å². The highest BCUT2D eigenvalue weighted by molar-refractivity contribution is 5.89. The van der Waals surface area contributed by atoms with Gasteiger partial charge >= 0.3 is 5.97 Å². The molecule has 1 saturated heterocycles. The molecule has 86 valence electrons. The largest absolute Gasteiger partial charge is 0.480 e. The predicted molar refractivity (Wildman–Crippen MR) is 56.4 cm³/mol. The van der Waals surface area contributed by atoms with Gasteiger partial charge in [-0.05, 0) is 12.8 Å². The van der Waals surface area contributed by atoms with Crippen LogP contribution in [-0.4, -0.2) is 23.0 Å². The lowest BCUT2D eigenvalue weighted by molar-refractivity contribution is -0.142. The quantitative estimate of drug-likeness (QED) is 0.728. The number of amides is 1. The molecule has 1 rings (SSSR count). The lowest BCUT2D eigenvalue weighted by Crippen LogP contribution is -2.43. The van der Waals surface area contributed by atoms with E-state index in [-0.39, 0.29) is 11.3 Å². The highest BCUT2D eigenvalue weighted by Gasteiger charge is 2.48. The molecule has 1 fully saturated rings. The molecule has 0 bridgehead atoms. The van der Waals surface area contributed by atoms with Crippen LogP contribution in [0.25, 0.3) is 0 Å². The number of aliphatic carboxylic acids is 1. The normalized spacial score (nSPS) is 30.3. The van der Waals surface area contributed by atoms with Gasteiger partial charge in [0.2, 0.25) is 5.91 Å². The van der Waals surface area contributed by atoms with Crippen LogP contribution in [-0.2, 0) is 9.59 Å². The lowest BCUT2D eigenvalue weighted by atomic mass is 9.74. The molecule has 1 aliphatic heterocycles. The van der Waals surface area contributed by atoms with E-state index in [9.17, 15) is 9.59 Å². The lowest BCUT2D eigenvalue weighted by Gasteiger charge is -2.30. The van der Waals surface area contributed by atoms with Crippen molar-refractivity contribution in [2.45, 2.75) is 52.0 Å². The molecular formula is C11H19NO3. The number of carbonyl (C=O) groups excluding carboxylic acids is 1. The Hall–Kier alpha value is -1.06. The first-order valence-corrected chi connectivity index (χ1v) is 5.58. The molecular weight excluding hydrogens is 194 g/mol. The average Bonchev–Trinajstić information content (AvgIpc) is 2.53. The summed E-state index contributed by atoms with van der Waals surface area (Å²) in [6, 6.07) is -0.693. The maximum atomic E-state index is 11.3. The Kier molecular flexibility index (Phi) is 3.72. The van der Waals surface area contributed by atoms with Gasteiger partial charge in [0.05, 0.1) is 0 Å². The van der Waals surface area contributed by atoms with E-state index in [0.717, 1.165) is 25.7 Å². The van der Waals surface area contributed by atoms with Gasteiger partial charge in [-0.25, -0.2) is 4.79 Å². The molecule has 0 aliphatic carbocycles. The van der Waals surface area contributed by atoms with E-state index in [0.29, 0.717) is 6.42 Å². The summed E-state index contributed by atoms with van der Waals surface area (Å²) in [6.45, 7) is 4.04. The van der Waals surface area contributed by atoms with E-state index in [1.165, 1.54) is 0 Å². The summed E-state index contributed by atoms with van der Waals surface area (Å²) in [5.74, 6) is -1.03. The number of carboxylic acid groups (broad SMARTS) is 1. The van der Waals surface area contributed by atoms with Crippen molar-refractivity contribution in [3.63, 3.8) is 0 Å². The Labute approximate surface area is 90.0 Å². The highest BCUT2D eigenvalue weighted by Crippen LogP contribution is 2.40. The number of unbranched alkanes of at least 4 members (excludes halogenated alkanes) is 1. The smallest absolute Gasteiger partial charge is 0.326 e. The first-order chi connectivity index (χ1) is 7.05. The summed E-state index contributed by atoms with van der Waals surface area (Å²) < 4.78 is 0. The molecule has 0 radical (unpaired) electrons. The fourth-order valence-corrected chi connectivity index (χ4v) is 2.38. The Balaban J connectivity index is 2.83. The van der Waals surface area contributed by atoms with Gasteiger partial charge in [-0.15, -0.1) is 0 Å². The zero-order valence-electron chi connectivity index (χ0n) is 9.38. The number of nitrogens with one attached hydrogen (secondary N) is 1. The van der Waals surface area contributed by atoms with E-state index >= 15 is 0 Å². The monoisotopic (exact) mass is 213 g/mol. The van der Waals surface area contributed by atoms with Crippen LogP contribution in [0.4, 0.5) is 0 Å². The van der Waals surface area contributed by atoms with E-state index in [2.05, 4.69) is 12.2 Å². The Morgan fingerprint density at radius 1 is 1.60 bits per heavy atom. The van der Waals surface area contributed by atoms with Crippen LogP contribution in [0.15, 0.2) is 0 Å². The minimum Gasteiger partial charge on any atom is -0.480 e.